The highest BCUT2D eigenvalue weighted by Crippen LogP contribution is 2.17. The van der Waals surface area contributed by atoms with Crippen LogP contribution in [0.25, 0.3) is 0 Å². The predicted octanol–water partition coefficient (Wildman–Crippen LogP) is 2.84. The normalized spacial score (nSPS) is 10.2. The number of rotatable bonds is 4. The third-order valence-electron chi connectivity index (χ3n) is 2.39. The molecule has 0 aliphatic heterocycles. The molecule has 0 atom stereocenters. The summed E-state index contributed by atoms with van der Waals surface area (Å²) in [6, 6.07) is 6.78. The average molecular weight is 324 g/mol. The number of aromatic nitrogens is 1. The van der Waals surface area contributed by atoms with Crippen molar-refractivity contribution in [2.24, 2.45) is 0 Å². The van der Waals surface area contributed by atoms with Crippen LogP contribution in [0.2, 0.25) is 0 Å². The van der Waals surface area contributed by atoms with Crippen LogP contribution in [-0.4, -0.2) is 23.5 Å². The molecule has 0 saturated carbocycles. The van der Waals surface area contributed by atoms with Gasteiger partial charge in [0.2, 0.25) is 5.69 Å². The molecular weight excluding hydrogens is 314 g/mol. The fraction of sp³-hybridized carbons (Fsp3) is 0.154. The van der Waals surface area contributed by atoms with Gasteiger partial charge in [0.15, 0.2) is 5.78 Å². The molecule has 0 amide bonds. The SMILES string of the molecule is CCOC(=O)c1nocc1C(=O)c1ccc(Br)cc1. The standard InChI is InChI=1S/C13H10BrNO4/c1-2-18-13(17)11-10(7-19-15-11)12(16)8-3-5-9(14)6-4-8/h3-7H,2H2,1H3. The van der Waals surface area contributed by atoms with E-state index >= 15 is 0 Å². The van der Waals surface area contributed by atoms with Gasteiger partial charge in [-0.3, -0.25) is 4.79 Å². The summed E-state index contributed by atoms with van der Waals surface area (Å²) in [4.78, 5) is 23.8. The zero-order chi connectivity index (χ0) is 13.8. The number of nitrogens with zero attached hydrogens (tertiary/aromatic N) is 1. The molecule has 0 aliphatic carbocycles. The third kappa shape index (κ3) is 2.90. The second-order valence-electron chi connectivity index (χ2n) is 3.63. The molecule has 0 fully saturated rings. The summed E-state index contributed by atoms with van der Waals surface area (Å²) in [5.41, 5.74) is 0.437. The number of carbonyl (C=O) groups is 2. The van der Waals surface area contributed by atoms with Gasteiger partial charge in [-0.2, -0.15) is 0 Å². The quantitative estimate of drug-likeness (QED) is 0.639. The van der Waals surface area contributed by atoms with Crippen LogP contribution < -0.4 is 0 Å². The minimum atomic E-state index is -0.670. The van der Waals surface area contributed by atoms with Crippen LogP contribution in [0.1, 0.15) is 33.3 Å². The largest absolute Gasteiger partial charge is 0.461 e. The van der Waals surface area contributed by atoms with Gasteiger partial charge in [-0.1, -0.05) is 21.1 Å². The molecule has 0 spiro atoms. The Morgan fingerprint density at radius 1 is 1.32 bits per heavy atom. The molecule has 6 heteroatoms. The lowest BCUT2D eigenvalue weighted by Gasteiger charge is -2.01. The molecular formula is C13H10BrNO4. The van der Waals surface area contributed by atoms with E-state index in [0.717, 1.165) is 10.7 Å². The molecule has 0 aliphatic rings. The van der Waals surface area contributed by atoms with Gasteiger partial charge in [-0.05, 0) is 31.2 Å². The second kappa shape index (κ2) is 5.79. The lowest BCUT2D eigenvalue weighted by molar-refractivity contribution is 0.0512. The number of benzene rings is 1. The van der Waals surface area contributed by atoms with Crippen LogP contribution in [0.15, 0.2) is 39.5 Å². The number of esters is 1. The smallest absolute Gasteiger partial charge is 0.361 e. The van der Waals surface area contributed by atoms with Gasteiger partial charge in [0.05, 0.1) is 12.2 Å². The van der Waals surface area contributed by atoms with E-state index in [0.29, 0.717) is 5.56 Å². The van der Waals surface area contributed by atoms with Crippen LogP contribution >= 0.6 is 15.9 Å². The van der Waals surface area contributed by atoms with E-state index in [4.69, 9.17) is 9.26 Å². The number of halogens is 1. The monoisotopic (exact) mass is 323 g/mol. The minimum Gasteiger partial charge on any atom is -0.461 e. The zero-order valence-corrected chi connectivity index (χ0v) is 11.6. The Kier molecular flexibility index (Phi) is 4.11. The van der Waals surface area contributed by atoms with Gasteiger partial charge in [0.1, 0.15) is 6.26 Å². The number of ketones is 1. The van der Waals surface area contributed by atoms with E-state index in [2.05, 4.69) is 21.1 Å². The van der Waals surface area contributed by atoms with E-state index in [9.17, 15) is 9.59 Å². The first kappa shape index (κ1) is 13.5. The molecule has 0 saturated heterocycles. The van der Waals surface area contributed by atoms with Crippen LogP contribution in [-0.2, 0) is 4.74 Å². The highest BCUT2D eigenvalue weighted by Gasteiger charge is 2.23. The Balaban J connectivity index is 2.32. The molecule has 2 rings (SSSR count). The molecule has 19 heavy (non-hydrogen) atoms. The maximum Gasteiger partial charge on any atom is 0.361 e. The maximum absolute atomic E-state index is 12.2. The van der Waals surface area contributed by atoms with Gasteiger partial charge in [-0.25, -0.2) is 4.79 Å². The van der Waals surface area contributed by atoms with E-state index < -0.39 is 5.97 Å². The van der Waals surface area contributed by atoms with Crippen molar-refractivity contribution in [1.29, 1.82) is 0 Å². The van der Waals surface area contributed by atoms with Crippen molar-refractivity contribution >= 4 is 27.7 Å². The Hall–Kier alpha value is -1.95. The summed E-state index contributed by atoms with van der Waals surface area (Å²) in [7, 11) is 0. The van der Waals surface area contributed by atoms with Crippen molar-refractivity contribution in [3.8, 4) is 0 Å². The van der Waals surface area contributed by atoms with Gasteiger partial charge < -0.3 is 9.26 Å². The third-order valence-corrected chi connectivity index (χ3v) is 2.92. The molecule has 2 aromatic rings. The van der Waals surface area contributed by atoms with Crippen molar-refractivity contribution < 1.29 is 18.8 Å². The van der Waals surface area contributed by atoms with Crippen LogP contribution in [0.5, 0.6) is 0 Å². The topological polar surface area (TPSA) is 69.4 Å². The van der Waals surface area contributed by atoms with Gasteiger partial charge in [0, 0.05) is 10.0 Å². The molecule has 0 radical (unpaired) electrons. The second-order valence-corrected chi connectivity index (χ2v) is 4.55. The van der Waals surface area contributed by atoms with E-state index in [-0.39, 0.29) is 23.6 Å². The fourth-order valence-corrected chi connectivity index (χ4v) is 1.77. The molecule has 1 heterocycles. The summed E-state index contributed by atoms with van der Waals surface area (Å²) < 4.78 is 10.4. The van der Waals surface area contributed by atoms with Crippen LogP contribution in [0, 0.1) is 0 Å². The van der Waals surface area contributed by atoms with E-state index in [1.165, 1.54) is 0 Å². The number of hydrogen-bond acceptors (Lipinski definition) is 5. The van der Waals surface area contributed by atoms with Crippen LogP contribution in [0.4, 0.5) is 0 Å². The number of ether oxygens (including phenoxy) is 1. The van der Waals surface area contributed by atoms with Crippen molar-refractivity contribution in [3.63, 3.8) is 0 Å². The first-order valence-electron chi connectivity index (χ1n) is 5.55. The molecule has 1 aromatic heterocycles. The highest BCUT2D eigenvalue weighted by molar-refractivity contribution is 9.10. The Labute approximate surface area is 117 Å². The van der Waals surface area contributed by atoms with E-state index in [1.54, 1.807) is 31.2 Å². The first-order chi connectivity index (χ1) is 9.13. The van der Waals surface area contributed by atoms with Gasteiger partial charge >= 0.3 is 5.97 Å². The Morgan fingerprint density at radius 3 is 2.63 bits per heavy atom. The minimum absolute atomic E-state index is 0.0979. The van der Waals surface area contributed by atoms with Crippen molar-refractivity contribution in [1.82, 2.24) is 5.16 Å². The lowest BCUT2D eigenvalue weighted by atomic mass is 10.0. The summed E-state index contributed by atoms with van der Waals surface area (Å²) in [6.45, 7) is 1.88. The fourth-order valence-electron chi connectivity index (χ4n) is 1.50. The maximum atomic E-state index is 12.2. The number of carbonyl (C=O) groups excluding carboxylic acids is 2. The number of hydrogen-bond donors (Lipinski definition) is 0. The van der Waals surface area contributed by atoms with Gasteiger partial charge in [0.25, 0.3) is 0 Å². The molecule has 0 unspecified atom stereocenters. The summed E-state index contributed by atoms with van der Waals surface area (Å²) in [5.74, 6) is -1.01. The van der Waals surface area contributed by atoms with Crippen molar-refractivity contribution in [2.45, 2.75) is 6.92 Å². The molecule has 98 valence electrons. The molecule has 0 N–H and O–H groups in total. The van der Waals surface area contributed by atoms with E-state index in [1.807, 2.05) is 0 Å². The summed E-state index contributed by atoms with van der Waals surface area (Å²) >= 11 is 3.29. The molecule has 0 bridgehead atoms. The Morgan fingerprint density at radius 2 is 2.00 bits per heavy atom. The average Bonchev–Trinajstić information content (AvgIpc) is 2.88. The van der Waals surface area contributed by atoms with Crippen molar-refractivity contribution in [2.75, 3.05) is 6.61 Å². The predicted molar refractivity (Wildman–Crippen MR) is 70.0 cm³/mol. The first-order valence-corrected chi connectivity index (χ1v) is 6.34. The zero-order valence-electron chi connectivity index (χ0n) is 10.1. The molecule has 5 nitrogen and oxygen atoms in total. The van der Waals surface area contributed by atoms with Crippen LogP contribution in [0.3, 0.4) is 0 Å². The lowest BCUT2D eigenvalue weighted by Crippen LogP contribution is -2.11. The summed E-state index contributed by atoms with van der Waals surface area (Å²) in [5, 5.41) is 3.52. The van der Waals surface area contributed by atoms with Gasteiger partial charge in [-0.15, -0.1) is 0 Å². The summed E-state index contributed by atoms with van der Waals surface area (Å²) in [6.07, 6.45) is 1.15. The van der Waals surface area contributed by atoms with Crippen molar-refractivity contribution in [3.05, 3.63) is 51.8 Å². The highest BCUT2D eigenvalue weighted by atomic mass is 79.9. The Bertz CT molecular complexity index is 603. The molecule has 1 aromatic carbocycles.